The third kappa shape index (κ3) is 4.89. The SMILES string of the molecule is CS(=O)(=O)Nc1ccccc1C1=NN(C(=O)CN2CCOCC2)[C@@H](c2cccs2)C1. The molecule has 0 radical (unpaired) electrons. The first-order valence-corrected chi connectivity index (χ1v) is 12.5. The zero-order chi connectivity index (χ0) is 21.1. The molecule has 1 atom stereocenters. The summed E-state index contributed by atoms with van der Waals surface area (Å²) in [5.41, 5.74) is 1.84. The van der Waals surface area contributed by atoms with E-state index in [1.54, 1.807) is 28.5 Å². The maximum absolute atomic E-state index is 13.1. The van der Waals surface area contributed by atoms with Gasteiger partial charge in [-0.25, -0.2) is 13.4 Å². The largest absolute Gasteiger partial charge is 0.379 e. The van der Waals surface area contributed by atoms with Gasteiger partial charge in [0, 0.05) is 30.0 Å². The van der Waals surface area contributed by atoms with E-state index in [2.05, 4.69) is 14.7 Å². The number of amides is 1. The van der Waals surface area contributed by atoms with Crippen molar-refractivity contribution in [3.05, 3.63) is 52.2 Å². The summed E-state index contributed by atoms with van der Waals surface area (Å²) in [5.74, 6) is -0.0705. The van der Waals surface area contributed by atoms with E-state index in [1.165, 1.54) is 0 Å². The molecule has 0 spiro atoms. The van der Waals surface area contributed by atoms with Crippen molar-refractivity contribution in [2.24, 2.45) is 5.10 Å². The van der Waals surface area contributed by atoms with Crippen molar-refractivity contribution in [1.82, 2.24) is 9.91 Å². The van der Waals surface area contributed by atoms with E-state index in [0.717, 1.165) is 24.2 Å². The van der Waals surface area contributed by atoms with E-state index in [9.17, 15) is 13.2 Å². The van der Waals surface area contributed by atoms with Crippen molar-refractivity contribution in [2.45, 2.75) is 12.5 Å². The van der Waals surface area contributed by atoms with Crippen LogP contribution < -0.4 is 4.72 Å². The van der Waals surface area contributed by atoms with Crippen molar-refractivity contribution >= 4 is 38.7 Å². The summed E-state index contributed by atoms with van der Waals surface area (Å²) >= 11 is 1.59. The molecule has 30 heavy (non-hydrogen) atoms. The van der Waals surface area contributed by atoms with Crippen LogP contribution in [0.2, 0.25) is 0 Å². The fraction of sp³-hybridized carbons (Fsp3) is 0.400. The van der Waals surface area contributed by atoms with E-state index < -0.39 is 10.0 Å². The maximum atomic E-state index is 13.1. The first-order chi connectivity index (χ1) is 14.4. The summed E-state index contributed by atoms with van der Waals surface area (Å²) < 4.78 is 31.5. The van der Waals surface area contributed by atoms with E-state index in [4.69, 9.17) is 4.74 Å². The highest BCUT2D eigenvalue weighted by atomic mass is 32.2. The van der Waals surface area contributed by atoms with Crippen molar-refractivity contribution in [3.63, 3.8) is 0 Å². The number of nitrogens with zero attached hydrogens (tertiary/aromatic N) is 3. The van der Waals surface area contributed by atoms with E-state index in [-0.39, 0.29) is 18.5 Å². The highest BCUT2D eigenvalue weighted by Crippen LogP contribution is 2.36. The number of carbonyl (C=O) groups excluding carboxylic acids is 1. The first kappa shape index (κ1) is 21.0. The Morgan fingerprint density at radius 2 is 2.00 bits per heavy atom. The molecule has 1 aromatic heterocycles. The van der Waals surface area contributed by atoms with Crippen LogP contribution in [0.4, 0.5) is 5.69 Å². The molecule has 1 aromatic carbocycles. The highest BCUT2D eigenvalue weighted by molar-refractivity contribution is 7.92. The second-order valence-corrected chi connectivity index (χ2v) is 10.1. The third-order valence-corrected chi connectivity index (χ3v) is 6.60. The number of sulfonamides is 1. The molecule has 2 aliphatic heterocycles. The van der Waals surface area contributed by atoms with Crippen LogP contribution in [0, 0.1) is 0 Å². The number of ether oxygens (including phenoxy) is 1. The normalized spacial score (nSPS) is 20.2. The molecule has 3 heterocycles. The van der Waals surface area contributed by atoms with Crippen LogP contribution in [-0.4, -0.2) is 69.0 Å². The van der Waals surface area contributed by atoms with Crippen LogP contribution in [0.5, 0.6) is 0 Å². The molecule has 160 valence electrons. The summed E-state index contributed by atoms with van der Waals surface area (Å²) in [6.07, 6.45) is 1.64. The summed E-state index contributed by atoms with van der Waals surface area (Å²) in [4.78, 5) is 16.3. The highest BCUT2D eigenvalue weighted by Gasteiger charge is 2.35. The van der Waals surface area contributed by atoms with Crippen LogP contribution in [-0.2, 0) is 19.6 Å². The number of benzene rings is 1. The Kier molecular flexibility index (Phi) is 6.19. The van der Waals surface area contributed by atoms with Gasteiger partial charge >= 0.3 is 0 Å². The molecule has 4 rings (SSSR count). The standard InChI is InChI=1S/C20H24N4O4S2/c1-30(26,27)22-16-6-3-2-5-15(16)17-13-18(19-7-4-12-29-19)24(21-17)20(25)14-23-8-10-28-11-9-23/h2-7,12,18,22H,8-11,13-14H2,1H3/t18-/m1/s1. The van der Waals surface area contributed by atoms with Crippen molar-refractivity contribution in [1.29, 1.82) is 0 Å². The van der Waals surface area contributed by atoms with Gasteiger partial charge in [-0.1, -0.05) is 24.3 Å². The molecule has 10 heteroatoms. The predicted octanol–water partition coefficient (Wildman–Crippen LogP) is 2.13. The predicted molar refractivity (Wildman–Crippen MR) is 117 cm³/mol. The minimum Gasteiger partial charge on any atom is -0.379 e. The molecule has 0 bridgehead atoms. The van der Waals surface area contributed by atoms with E-state index in [0.29, 0.717) is 36.6 Å². The lowest BCUT2D eigenvalue weighted by Gasteiger charge is -2.28. The average Bonchev–Trinajstić information content (AvgIpc) is 3.38. The molecule has 2 aliphatic rings. The van der Waals surface area contributed by atoms with Crippen molar-refractivity contribution < 1.29 is 17.9 Å². The first-order valence-electron chi connectivity index (χ1n) is 9.71. The molecule has 1 fully saturated rings. The Morgan fingerprint density at radius 1 is 1.23 bits per heavy atom. The summed E-state index contributed by atoms with van der Waals surface area (Å²) in [7, 11) is -3.44. The Labute approximate surface area is 180 Å². The number of nitrogens with one attached hydrogen (secondary N) is 1. The molecular weight excluding hydrogens is 424 g/mol. The summed E-state index contributed by atoms with van der Waals surface area (Å²) in [6.45, 7) is 2.98. The molecule has 1 N–H and O–H groups in total. The van der Waals surface area contributed by atoms with Crippen LogP contribution in [0.25, 0.3) is 0 Å². The molecule has 0 unspecified atom stereocenters. The van der Waals surface area contributed by atoms with Crippen LogP contribution in [0.3, 0.4) is 0 Å². The molecule has 2 aromatic rings. The lowest BCUT2D eigenvalue weighted by atomic mass is 10.0. The number of hydrazone groups is 1. The second-order valence-electron chi connectivity index (χ2n) is 7.33. The van der Waals surface area contributed by atoms with Gasteiger partial charge in [-0.05, 0) is 17.5 Å². The van der Waals surface area contributed by atoms with Gasteiger partial charge in [0.1, 0.15) is 0 Å². The van der Waals surface area contributed by atoms with Gasteiger partial charge in [0.15, 0.2) is 0 Å². The number of rotatable bonds is 6. The zero-order valence-corrected chi connectivity index (χ0v) is 18.3. The zero-order valence-electron chi connectivity index (χ0n) is 16.7. The molecule has 1 saturated heterocycles. The van der Waals surface area contributed by atoms with Gasteiger partial charge in [-0.2, -0.15) is 5.10 Å². The monoisotopic (exact) mass is 448 g/mol. The molecule has 1 amide bonds. The van der Waals surface area contributed by atoms with Crippen LogP contribution >= 0.6 is 11.3 Å². The molecule has 0 saturated carbocycles. The third-order valence-electron chi connectivity index (χ3n) is 5.03. The Hall–Kier alpha value is -2.27. The number of morpholine rings is 1. The lowest BCUT2D eigenvalue weighted by molar-refractivity contribution is -0.135. The smallest absolute Gasteiger partial charge is 0.257 e. The Balaban J connectivity index is 1.63. The van der Waals surface area contributed by atoms with Crippen molar-refractivity contribution in [2.75, 3.05) is 43.8 Å². The van der Waals surface area contributed by atoms with E-state index >= 15 is 0 Å². The minimum atomic E-state index is -3.44. The lowest BCUT2D eigenvalue weighted by Crippen LogP contribution is -2.43. The van der Waals surface area contributed by atoms with Gasteiger partial charge in [-0.3, -0.25) is 14.4 Å². The van der Waals surface area contributed by atoms with Gasteiger partial charge in [0.05, 0.1) is 43.5 Å². The van der Waals surface area contributed by atoms with Gasteiger partial charge in [-0.15, -0.1) is 11.3 Å². The summed E-state index contributed by atoms with van der Waals surface area (Å²) in [5, 5.41) is 8.21. The Bertz CT molecular complexity index is 1030. The maximum Gasteiger partial charge on any atom is 0.257 e. The van der Waals surface area contributed by atoms with Gasteiger partial charge in [0.2, 0.25) is 10.0 Å². The second kappa shape index (κ2) is 8.84. The van der Waals surface area contributed by atoms with Gasteiger partial charge in [0.25, 0.3) is 5.91 Å². The quantitative estimate of drug-likeness (QED) is 0.731. The van der Waals surface area contributed by atoms with Crippen LogP contribution in [0.15, 0.2) is 46.9 Å². The number of anilines is 1. The van der Waals surface area contributed by atoms with Gasteiger partial charge < -0.3 is 4.74 Å². The number of carbonyl (C=O) groups is 1. The number of hydrogen-bond donors (Lipinski definition) is 1. The summed E-state index contributed by atoms with van der Waals surface area (Å²) in [6, 6.07) is 10.9. The molecular formula is C20H24N4O4S2. The van der Waals surface area contributed by atoms with Crippen LogP contribution in [0.1, 0.15) is 22.9 Å². The minimum absolute atomic E-state index is 0.0705. The Morgan fingerprint density at radius 3 is 2.70 bits per heavy atom. The number of para-hydroxylation sites is 1. The van der Waals surface area contributed by atoms with E-state index in [1.807, 2.05) is 29.6 Å². The number of thiophene rings is 1. The fourth-order valence-corrected chi connectivity index (χ4v) is 5.04. The molecule has 8 nitrogen and oxygen atoms in total. The topological polar surface area (TPSA) is 91.3 Å². The average molecular weight is 449 g/mol. The molecule has 0 aliphatic carbocycles. The fourth-order valence-electron chi connectivity index (χ4n) is 3.65. The number of hydrogen-bond acceptors (Lipinski definition) is 7. The van der Waals surface area contributed by atoms with Crippen molar-refractivity contribution in [3.8, 4) is 0 Å².